The molecule has 398 valence electrons. The van der Waals surface area contributed by atoms with E-state index in [1.54, 1.807) is 85.3 Å². The summed E-state index contributed by atoms with van der Waals surface area (Å²) in [6.07, 6.45) is 4.17. The first-order valence-electron chi connectivity index (χ1n) is 19.7. The van der Waals surface area contributed by atoms with Crippen LogP contribution in [0, 0.1) is 0 Å². The van der Waals surface area contributed by atoms with Gasteiger partial charge in [0.25, 0.3) is 0 Å². The topological polar surface area (TPSA) is 257 Å². The molecule has 0 aromatic carbocycles. The Morgan fingerprint density at radius 1 is 0.333 bits per heavy atom. The molecule has 0 aliphatic rings. The zero-order valence-corrected chi connectivity index (χ0v) is 54.0. The van der Waals surface area contributed by atoms with Crippen molar-refractivity contribution < 1.29 is 117 Å². The second-order valence-corrected chi connectivity index (χ2v) is 27.4. The summed E-state index contributed by atoms with van der Waals surface area (Å²) in [7, 11) is 23.7. The summed E-state index contributed by atoms with van der Waals surface area (Å²) < 4.78 is 132. The first kappa shape index (κ1) is 86.0. The van der Waals surface area contributed by atoms with Crippen molar-refractivity contribution in [1.29, 1.82) is 0 Å². The van der Waals surface area contributed by atoms with E-state index in [9.17, 15) is 0 Å². The molecule has 0 aromatic heterocycles. The van der Waals surface area contributed by atoms with Crippen molar-refractivity contribution in [3.8, 4) is 0 Å². The number of hydrogen-bond donors (Lipinski definition) is 0. The molecule has 33 heteroatoms. The average Bonchev–Trinajstić information content (AvgIpc) is 3.26. The van der Waals surface area contributed by atoms with Crippen LogP contribution in [0.2, 0.25) is 24.2 Å². The van der Waals surface area contributed by atoms with Gasteiger partial charge in [-0.05, 0) is 81.2 Å². The molecule has 0 unspecified atom stereocenters. The van der Waals surface area contributed by atoms with Crippen LogP contribution in [-0.4, -0.2) is 266 Å². The van der Waals surface area contributed by atoms with E-state index in [1.165, 1.54) is 0 Å². The predicted molar refractivity (Wildman–Crippen MR) is 252 cm³/mol. The average molecular weight is 1210 g/mol. The van der Waals surface area contributed by atoms with Gasteiger partial charge in [0, 0.05) is 116 Å². The van der Waals surface area contributed by atoms with Crippen LogP contribution in [0.3, 0.4) is 0 Å². The first-order valence-corrected chi connectivity index (χ1v) is 30.7. The molecule has 0 saturated heterocycles. The third-order valence-corrected chi connectivity index (χ3v) is 19.6. The van der Waals surface area contributed by atoms with Crippen molar-refractivity contribution in [3.05, 3.63) is 0 Å². The van der Waals surface area contributed by atoms with Crippen LogP contribution in [0.5, 0.6) is 0 Å². The summed E-state index contributed by atoms with van der Waals surface area (Å²) in [6, 6.07) is 3.49. The van der Waals surface area contributed by atoms with E-state index in [4.69, 9.17) is 88.8 Å². The number of nitrogens with zero attached hydrogens (tertiary/aromatic N) is 4. The molecule has 0 bridgehead atoms. The Balaban J connectivity index is -0.0000000860. The van der Waals surface area contributed by atoms with E-state index < -0.39 is 72.4 Å². The summed E-state index contributed by atoms with van der Waals surface area (Å²) in [6.45, 7) is 4.20. The highest BCUT2D eigenvalue weighted by Gasteiger charge is 2.39. The Kier molecular flexibility index (Phi) is 77.6. The maximum absolute atomic E-state index is 8.40. The minimum absolute atomic E-state index is 0. The smallest absolute Gasteiger partial charge is 0.549 e. The Labute approximate surface area is 426 Å². The van der Waals surface area contributed by atoms with Gasteiger partial charge >= 0.3 is 72.4 Å². The van der Waals surface area contributed by atoms with Gasteiger partial charge in [-0.1, -0.05) is 0 Å². The summed E-state index contributed by atoms with van der Waals surface area (Å²) >= 11 is 0. The number of quaternary nitrogens is 1. The normalized spacial score (nSPS) is 10.7. The van der Waals surface area contributed by atoms with Gasteiger partial charge in [-0.3, -0.25) is 35.7 Å². The molecular weight excluding hydrogens is 1120 g/mol. The van der Waals surface area contributed by atoms with Crippen LogP contribution < -0.4 is 24.0 Å². The molecular formula is C33H87IN4O20Si8. The molecule has 0 aliphatic carbocycles. The van der Waals surface area contributed by atoms with Gasteiger partial charge in [-0.15, -0.1) is 0 Å². The zero-order chi connectivity index (χ0) is 53.0. The van der Waals surface area contributed by atoms with E-state index >= 15 is 0 Å². The second-order valence-electron chi connectivity index (χ2n) is 14.4. The van der Waals surface area contributed by atoms with E-state index in [0.717, 1.165) is 80.5 Å². The molecule has 66 heavy (non-hydrogen) atoms. The van der Waals surface area contributed by atoms with E-state index in [0.29, 0.717) is 0 Å². The standard InChI is InChI=1S/C9H24NO3Si.3C8H21NO3Si.HI.4O2Si/c1-10(2,3)8-7-9-14(11-4,12-5)13-6;3*1-9(2)7-6-8-13(10-3,11-4)12-5;;4*1-3-2/h7-9H2,1-6H3;3*6-8H2,1-5H3;1H;;;;/q+1;;;;;;;;/p-1. The number of hydrogen-bond acceptors (Lipinski definition) is 23. The quantitative estimate of drug-likeness (QED) is 0.0464. The summed E-state index contributed by atoms with van der Waals surface area (Å²) in [5.74, 6) is 0. The van der Waals surface area contributed by atoms with Gasteiger partial charge in [0.05, 0.1) is 27.7 Å². The minimum Gasteiger partial charge on any atom is -1.00 e. The minimum atomic E-state index is -2.33. The van der Waals surface area contributed by atoms with Gasteiger partial charge in [-0.2, -0.15) is 0 Å². The lowest BCUT2D eigenvalue weighted by atomic mass is 10.4. The summed E-state index contributed by atoms with van der Waals surface area (Å²) in [4.78, 5) is 6.42. The maximum Gasteiger partial charge on any atom is 0.549 e. The molecule has 24 nitrogen and oxygen atoms in total. The van der Waals surface area contributed by atoms with Crippen LogP contribution in [-0.2, 0) is 88.8 Å². The SMILES string of the molecule is CO[Si](CCCN(C)C)(OC)OC.CO[Si](CCCN(C)C)(OC)OC.CO[Si](CCCN(C)C)(OC)OC.CO[Si](CCC[N+](C)(C)C)(OC)OC.O=[Si]=O.O=[Si]=O.O=[Si]=O.O=[Si]=O.[I-]. The molecule has 0 radical (unpaired) electrons. The number of halogens is 1. The summed E-state index contributed by atoms with van der Waals surface area (Å²) in [5, 5.41) is 0. The highest BCUT2D eigenvalue weighted by molar-refractivity contribution is 6.61. The molecule has 0 aliphatic heterocycles. The highest BCUT2D eigenvalue weighted by Crippen LogP contribution is 2.17. The third kappa shape index (κ3) is 60.3. The Bertz CT molecular complexity index is 1000. The Morgan fingerprint density at radius 3 is 0.576 bits per heavy atom. The lowest BCUT2D eigenvalue weighted by Gasteiger charge is -2.27. The van der Waals surface area contributed by atoms with Gasteiger partial charge in [0.15, 0.2) is 0 Å². The largest absolute Gasteiger partial charge is 1.00 e. The fraction of sp³-hybridized carbons (Fsp3) is 1.00. The molecule has 0 amide bonds. The lowest BCUT2D eigenvalue weighted by Crippen LogP contribution is -3.00. The van der Waals surface area contributed by atoms with Gasteiger partial charge in [0.1, 0.15) is 0 Å². The first-order chi connectivity index (χ1) is 30.3. The van der Waals surface area contributed by atoms with Crippen LogP contribution in [0.15, 0.2) is 0 Å². The fourth-order valence-corrected chi connectivity index (χ4v) is 11.6. The highest BCUT2D eigenvalue weighted by atomic mass is 127. The Hall–Kier alpha value is 0.225. The summed E-state index contributed by atoms with van der Waals surface area (Å²) in [5.41, 5.74) is 0. The molecule has 0 saturated carbocycles. The van der Waals surface area contributed by atoms with Crippen molar-refractivity contribution in [1.82, 2.24) is 14.7 Å². The van der Waals surface area contributed by atoms with Crippen LogP contribution in [0.1, 0.15) is 25.7 Å². The molecule has 0 spiro atoms. The van der Waals surface area contributed by atoms with Gasteiger partial charge in [-0.25, -0.2) is 0 Å². The van der Waals surface area contributed by atoms with E-state index in [2.05, 4.69) is 78.1 Å². The maximum atomic E-state index is 8.40. The van der Waals surface area contributed by atoms with Gasteiger partial charge in [0.2, 0.25) is 0 Å². The van der Waals surface area contributed by atoms with E-state index in [1.807, 2.05) is 0 Å². The van der Waals surface area contributed by atoms with Crippen molar-refractivity contribution in [3.63, 3.8) is 0 Å². The fourth-order valence-electron chi connectivity index (χ4n) is 4.83. The van der Waals surface area contributed by atoms with Crippen LogP contribution >= 0.6 is 0 Å². The third-order valence-electron chi connectivity index (χ3n) is 8.31. The molecule has 0 aromatic rings. The zero-order valence-electron chi connectivity index (χ0n) is 43.8. The van der Waals surface area contributed by atoms with Crippen molar-refractivity contribution in [2.45, 2.75) is 49.9 Å². The Morgan fingerprint density at radius 2 is 0.470 bits per heavy atom. The molecule has 0 rings (SSSR count). The molecule has 0 fully saturated rings. The second kappa shape index (κ2) is 59.5. The van der Waals surface area contributed by atoms with E-state index in [-0.39, 0.29) is 24.0 Å². The lowest BCUT2D eigenvalue weighted by molar-refractivity contribution is -0.870. The monoisotopic (exact) mass is 1210 g/mol. The number of rotatable bonds is 28. The molecule has 0 heterocycles. The predicted octanol–water partition coefficient (Wildman–Crippen LogP) is -2.06. The van der Waals surface area contributed by atoms with Crippen LogP contribution in [0.4, 0.5) is 0 Å². The van der Waals surface area contributed by atoms with Gasteiger partial charge < -0.3 is 96.3 Å². The van der Waals surface area contributed by atoms with Crippen LogP contribution in [0.25, 0.3) is 0 Å². The van der Waals surface area contributed by atoms with Crippen molar-refractivity contribution >= 4 is 72.4 Å². The van der Waals surface area contributed by atoms with Crippen molar-refractivity contribution in [2.75, 3.05) is 175 Å². The molecule has 0 N–H and O–H groups in total. The van der Waals surface area contributed by atoms with Crippen molar-refractivity contribution in [2.24, 2.45) is 0 Å². The molecule has 0 atom stereocenters.